The molecule has 0 aliphatic heterocycles. The number of hydrogen-bond donors (Lipinski definition) is 3. The van der Waals surface area contributed by atoms with E-state index in [2.05, 4.69) is 43.5 Å². The summed E-state index contributed by atoms with van der Waals surface area (Å²) in [5, 5.41) is 23.0. The largest absolute Gasteiger partial charge is 0.466 e. The van der Waals surface area contributed by atoms with Crippen LogP contribution in [0.1, 0.15) is 264 Å². The highest BCUT2D eigenvalue weighted by atomic mass is 16.5. The van der Waals surface area contributed by atoms with Crippen LogP contribution in [-0.4, -0.2) is 47.4 Å². The standard InChI is InChI=1S/C53H99NO5/c1-3-5-7-9-11-13-15-17-19-20-22-24-26-31-35-39-43-47-53(58)59-48-44-40-36-32-28-27-30-34-38-42-46-52(57)54-50(49-55)51(56)45-41-37-33-29-25-23-21-18-16-14-12-10-8-6-4-2/h11,13,17,19,41,45,50-51,55-56H,3-10,12,14-16,18,20-40,42-44,46-49H2,1-2H3,(H,54,57)/b13-11-,19-17-,45-41+. The molecule has 0 heterocycles. The number of ether oxygens (including phenoxy) is 1. The van der Waals surface area contributed by atoms with Gasteiger partial charge in [0, 0.05) is 12.8 Å². The first-order chi connectivity index (χ1) is 29.0. The minimum atomic E-state index is -0.859. The Balaban J connectivity index is 3.52. The SMILES string of the molecule is CCCCC/C=C\C/C=C\CCCCCCCCCC(=O)OCCCCCCCCCCCCC(=O)NC(CO)C(O)/C=C/CCCCCCCCCCCCCCC. The number of carbonyl (C=O) groups is 2. The van der Waals surface area contributed by atoms with Gasteiger partial charge in [-0.2, -0.15) is 0 Å². The Kier molecular flexibility index (Phi) is 47.2. The molecule has 0 rings (SSSR count). The monoisotopic (exact) mass is 830 g/mol. The van der Waals surface area contributed by atoms with Gasteiger partial charge in [-0.25, -0.2) is 0 Å². The van der Waals surface area contributed by atoms with E-state index in [9.17, 15) is 19.8 Å². The predicted molar refractivity (Wildman–Crippen MR) is 255 cm³/mol. The fourth-order valence-corrected chi connectivity index (χ4v) is 7.66. The van der Waals surface area contributed by atoms with Gasteiger partial charge in [-0.15, -0.1) is 0 Å². The molecule has 3 N–H and O–H groups in total. The van der Waals surface area contributed by atoms with Crippen molar-refractivity contribution in [2.75, 3.05) is 13.2 Å². The van der Waals surface area contributed by atoms with E-state index in [-0.39, 0.29) is 18.5 Å². The van der Waals surface area contributed by atoms with Crippen molar-refractivity contribution in [1.82, 2.24) is 5.32 Å². The van der Waals surface area contributed by atoms with Crippen molar-refractivity contribution in [1.29, 1.82) is 0 Å². The van der Waals surface area contributed by atoms with Crippen LogP contribution in [0.25, 0.3) is 0 Å². The average molecular weight is 830 g/mol. The van der Waals surface area contributed by atoms with Gasteiger partial charge in [-0.05, 0) is 64.2 Å². The van der Waals surface area contributed by atoms with Gasteiger partial charge in [-0.1, -0.05) is 224 Å². The molecule has 59 heavy (non-hydrogen) atoms. The third kappa shape index (κ3) is 45.4. The molecule has 0 aromatic rings. The van der Waals surface area contributed by atoms with Crippen LogP contribution in [0.4, 0.5) is 0 Å². The van der Waals surface area contributed by atoms with Crippen LogP contribution >= 0.6 is 0 Å². The number of unbranched alkanes of at least 4 members (excludes halogenated alkanes) is 32. The number of allylic oxidation sites excluding steroid dienone is 5. The lowest BCUT2D eigenvalue weighted by molar-refractivity contribution is -0.143. The number of rotatable bonds is 47. The molecule has 2 unspecified atom stereocenters. The maximum absolute atomic E-state index is 12.4. The number of hydrogen-bond acceptors (Lipinski definition) is 5. The van der Waals surface area contributed by atoms with Crippen LogP contribution in [0.5, 0.6) is 0 Å². The van der Waals surface area contributed by atoms with Crippen molar-refractivity contribution in [3.8, 4) is 0 Å². The van der Waals surface area contributed by atoms with Crippen LogP contribution in [0.3, 0.4) is 0 Å². The smallest absolute Gasteiger partial charge is 0.305 e. The molecule has 0 saturated heterocycles. The van der Waals surface area contributed by atoms with Gasteiger partial charge >= 0.3 is 5.97 Å². The summed E-state index contributed by atoms with van der Waals surface area (Å²) in [5.41, 5.74) is 0. The summed E-state index contributed by atoms with van der Waals surface area (Å²) in [4.78, 5) is 24.5. The average Bonchev–Trinajstić information content (AvgIpc) is 3.24. The van der Waals surface area contributed by atoms with Crippen LogP contribution in [0.2, 0.25) is 0 Å². The van der Waals surface area contributed by atoms with E-state index in [0.29, 0.717) is 19.4 Å². The zero-order valence-corrected chi connectivity index (χ0v) is 39.2. The fraction of sp³-hybridized carbons (Fsp3) is 0.849. The normalized spacial score (nSPS) is 12.9. The lowest BCUT2D eigenvalue weighted by atomic mass is 10.0. The summed E-state index contributed by atoms with van der Waals surface area (Å²) >= 11 is 0. The molecule has 0 bridgehead atoms. The highest BCUT2D eigenvalue weighted by molar-refractivity contribution is 5.76. The Hall–Kier alpha value is -1.92. The van der Waals surface area contributed by atoms with E-state index >= 15 is 0 Å². The number of aliphatic hydroxyl groups excluding tert-OH is 2. The van der Waals surface area contributed by atoms with E-state index < -0.39 is 12.1 Å². The van der Waals surface area contributed by atoms with Gasteiger partial charge in [0.15, 0.2) is 0 Å². The number of amides is 1. The maximum atomic E-state index is 12.4. The predicted octanol–water partition coefficient (Wildman–Crippen LogP) is 15.3. The molecule has 6 nitrogen and oxygen atoms in total. The van der Waals surface area contributed by atoms with Crippen molar-refractivity contribution in [2.45, 2.75) is 276 Å². The minimum Gasteiger partial charge on any atom is -0.466 e. The summed E-state index contributed by atoms with van der Waals surface area (Å²) in [6.07, 6.45) is 58.5. The van der Waals surface area contributed by atoms with Gasteiger partial charge in [0.25, 0.3) is 0 Å². The van der Waals surface area contributed by atoms with Crippen molar-refractivity contribution in [2.24, 2.45) is 0 Å². The number of carbonyl (C=O) groups excluding carboxylic acids is 2. The summed E-state index contributed by atoms with van der Waals surface area (Å²) in [7, 11) is 0. The molecule has 0 aliphatic rings. The molecule has 0 saturated carbocycles. The Morgan fingerprint density at radius 2 is 0.847 bits per heavy atom. The second-order valence-electron chi connectivity index (χ2n) is 17.5. The fourth-order valence-electron chi connectivity index (χ4n) is 7.66. The highest BCUT2D eigenvalue weighted by Crippen LogP contribution is 2.15. The van der Waals surface area contributed by atoms with Crippen LogP contribution in [0.15, 0.2) is 36.5 Å². The zero-order valence-electron chi connectivity index (χ0n) is 39.2. The van der Waals surface area contributed by atoms with Gasteiger partial charge in [0.1, 0.15) is 0 Å². The molecule has 0 spiro atoms. The Morgan fingerprint density at radius 1 is 0.475 bits per heavy atom. The summed E-state index contributed by atoms with van der Waals surface area (Å²) in [6.45, 7) is 4.82. The summed E-state index contributed by atoms with van der Waals surface area (Å²) < 4.78 is 5.45. The van der Waals surface area contributed by atoms with Gasteiger partial charge in [-0.3, -0.25) is 9.59 Å². The van der Waals surface area contributed by atoms with E-state index in [1.807, 2.05) is 6.08 Å². The van der Waals surface area contributed by atoms with Crippen molar-refractivity contribution in [3.05, 3.63) is 36.5 Å². The lowest BCUT2D eigenvalue weighted by Crippen LogP contribution is -2.45. The van der Waals surface area contributed by atoms with E-state index in [1.54, 1.807) is 6.08 Å². The molecule has 0 radical (unpaired) electrons. The first-order valence-electron chi connectivity index (χ1n) is 25.8. The number of aliphatic hydroxyl groups is 2. The molecule has 2 atom stereocenters. The van der Waals surface area contributed by atoms with E-state index in [4.69, 9.17) is 4.74 Å². The first kappa shape index (κ1) is 57.1. The van der Waals surface area contributed by atoms with Crippen LogP contribution in [0, 0.1) is 0 Å². The van der Waals surface area contributed by atoms with Crippen LogP contribution < -0.4 is 5.32 Å². The minimum absolute atomic E-state index is 0.0291. The van der Waals surface area contributed by atoms with Crippen molar-refractivity contribution >= 4 is 11.9 Å². The van der Waals surface area contributed by atoms with Gasteiger partial charge in [0.2, 0.25) is 5.91 Å². The molecule has 6 heteroatoms. The zero-order chi connectivity index (χ0) is 43.0. The number of nitrogens with one attached hydrogen (secondary N) is 1. The third-order valence-electron chi connectivity index (χ3n) is 11.7. The molecule has 1 amide bonds. The van der Waals surface area contributed by atoms with Gasteiger partial charge < -0.3 is 20.3 Å². The van der Waals surface area contributed by atoms with Crippen LogP contribution in [-0.2, 0) is 14.3 Å². The molecule has 0 aliphatic carbocycles. The number of esters is 1. The van der Waals surface area contributed by atoms with Crippen molar-refractivity contribution < 1.29 is 24.5 Å². The second-order valence-corrected chi connectivity index (χ2v) is 17.5. The summed E-state index contributed by atoms with van der Waals surface area (Å²) in [5.74, 6) is -0.121. The molecule has 0 aromatic carbocycles. The maximum Gasteiger partial charge on any atom is 0.305 e. The lowest BCUT2D eigenvalue weighted by Gasteiger charge is -2.20. The quantitative estimate of drug-likeness (QED) is 0.0323. The van der Waals surface area contributed by atoms with Crippen molar-refractivity contribution in [3.63, 3.8) is 0 Å². The van der Waals surface area contributed by atoms with Gasteiger partial charge in [0.05, 0.1) is 25.4 Å². The second kappa shape index (κ2) is 48.7. The molecule has 346 valence electrons. The molecular weight excluding hydrogens is 731 g/mol. The highest BCUT2D eigenvalue weighted by Gasteiger charge is 2.18. The van der Waals surface area contributed by atoms with E-state index in [1.165, 1.54) is 173 Å². The van der Waals surface area contributed by atoms with E-state index in [0.717, 1.165) is 64.2 Å². The molecule has 0 aromatic heterocycles. The first-order valence-corrected chi connectivity index (χ1v) is 25.8. The Labute approximate surface area is 366 Å². The Bertz CT molecular complexity index is 962. The summed E-state index contributed by atoms with van der Waals surface area (Å²) in [6, 6.07) is -0.645. The molecular formula is C53H99NO5. The Morgan fingerprint density at radius 3 is 1.32 bits per heavy atom. The third-order valence-corrected chi connectivity index (χ3v) is 11.7. The topological polar surface area (TPSA) is 95.9 Å². The molecule has 0 fully saturated rings.